The number of hydrogen-bond donors (Lipinski definition) is 1. The fourth-order valence-electron chi connectivity index (χ4n) is 2.71. The lowest BCUT2D eigenvalue weighted by molar-refractivity contribution is -0.118. The number of anilines is 1. The van der Waals surface area contributed by atoms with Gasteiger partial charge < -0.3 is 10.1 Å². The van der Waals surface area contributed by atoms with Gasteiger partial charge in [-0.1, -0.05) is 44.2 Å². The van der Waals surface area contributed by atoms with Crippen molar-refractivity contribution in [3.63, 3.8) is 0 Å². The Labute approximate surface area is 136 Å². The Morgan fingerprint density at radius 3 is 2.52 bits per heavy atom. The molecule has 3 rings (SSSR count). The second kappa shape index (κ2) is 6.24. The van der Waals surface area contributed by atoms with E-state index >= 15 is 0 Å². The fraction of sp³-hybridized carbons (Fsp3) is 0.263. The molecule has 1 amide bonds. The molecule has 2 aromatic carbocycles. The van der Waals surface area contributed by atoms with Gasteiger partial charge in [0.2, 0.25) is 5.91 Å². The summed E-state index contributed by atoms with van der Waals surface area (Å²) >= 11 is 0. The van der Waals surface area contributed by atoms with Gasteiger partial charge in [0.25, 0.3) is 0 Å². The molecule has 1 aliphatic heterocycles. The molecule has 0 aliphatic carbocycles. The molecule has 118 valence electrons. The van der Waals surface area contributed by atoms with Gasteiger partial charge in [0, 0.05) is 11.1 Å². The minimum absolute atomic E-state index is 0.0719. The van der Waals surface area contributed by atoms with Gasteiger partial charge in [-0.2, -0.15) is 0 Å². The number of aliphatic imine (C=N–C) groups is 1. The number of hydrogen-bond acceptors (Lipinski definition) is 3. The van der Waals surface area contributed by atoms with Crippen molar-refractivity contribution >= 4 is 17.3 Å². The van der Waals surface area contributed by atoms with Gasteiger partial charge >= 0.3 is 0 Å². The smallest absolute Gasteiger partial charge is 0.249 e. The maximum Gasteiger partial charge on any atom is 0.249 e. The highest BCUT2D eigenvalue weighted by molar-refractivity contribution is 6.19. The molecule has 0 unspecified atom stereocenters. The number of amides is 1. The molecule has 0 saturated heterocycles. The molecule has 1 heterocycles. The van der Waals surface area contributed by atoms with Gasteiger partial charge in [-0.05, 0) is 24.1 Å². The number of nitrogens with zero attached hydrogens (tertiary/aromatic N) is 1. The molecule has 0 aromatic heterocycles. The van der Waals surface area contributed by atoms with Crippen molar-refractivity contribution in [2.45, 2.75) is 19.9 Å². The summed E-state index contributed by atoms with van der Waals surface area (Å²) < 4.78 is 5.34. The Balaban J connectivity index is 2.22. The van der Waals surface area contributed by atoms with Crippen molar-refractivity contribution < 1.29 is 9.53 Å². The molecule has 2 aromatic rings. The van der Waals surface area contributed by atoms with Crippen molar-refractivity contribution in [2.75, 3.05) is 12.4 Å². The van der Waals surface area contributed by atoms with Crippen LogP contribution in [0, 0.1) is 5.92 Å². The van der Waals surface area contributed by atoms with E-state index < -0.39 is 6.04 Å². The summed E-state index contributed by atoms with van der Waals surface area (Å²) in [4.78, 5) is 17.3. The van der Waals surface area contributed by atoms with Gasteiger partial charge in [0.15, 0.2) is 0 Å². The number of benzodiazepines with no additional fused rings is 1. The van der Waals surface area contributed by atoms with Gasteiger partial charge in [-0.3, -0.25) is 9.79 Å². The summed E-state index contributed by atoms with van der Waals surface area (Å²) in [6, 6.07) is 15.2. The summed E-state index contributed by atoms with van der Waals surface area (Å²) in [6.07, 6.45) is 0. The molecule has 4 nitrogen and oxygen atoms in total. The molecule has 0 fully saturated rings. The van der Waals surface area contributed by atoms with Crippen LogP contribution in [0.4, 0.5) is 5.69 Å². The maximum absolute atomic E-state index is 12.5. The van der Waals surface area contributed by atoms with E-state index in [1.807, 2.05) is 62.4 Å². The Bertz CT molecular complexity index is 751. The SMILES string of the molecule is COc1ccc2c(c1)C(c1ccccc1)=N[C@@H](C(C)C)C(=O)N2. The summed E-state index contributed by atoms with van der Waals surface area (Å²) in [5.74, 6) is 0.784. The molecular formula is C19H20N2O2. The quantitative estimate of drug-likeness (QED) is 0.943. The average Bonchev–Trinajstić information content (AvgIpc) is 2.71. The number of fused-ring (bicyclic) bond motifs is 1. The second-order valence-electron chi connectivity index (χ2n) is 5.93. The van der Waals surface area contributed by atoms with E-state index in [0.29, 0.717) is 0 Å². The monoisotopic (exact) mass is 308 g/mol. The van der Waals surface area contributed by atoms with E-state index in [0.717, 1.165) is 28.3 Å². The largest absolute Gasteiger partial charge is 0.497 e. The number of carbonyl (C=O) groups is 1. The molecule has 23 heavy (non-hydrogen) atoms. The Morgan fingerprint density at radius 2 is 1.87 bits per heavy atom. The summed E-state index contributed by atoms with van der Waals surface area (Å²) in [7, 11) is 1.63. The molecule has 1 N–H and O–H groups in total. The van der Waals surface area contributed by atoms with Crippen LogP contribution in [0.2, 0.25) is 0 Å². The van der Waals surface area contributed by atoms with Crippen molar-refractivity contribution in [1.29, 1.82) is 0 Å². The van der Waals surface area contributed by atoms with Crippen LogP contribution < -0.4 is 10.1 Å². The van der Waals surface area contributed by atoms with Gasteiger partial charge in [0.1, 0.15) is 11.8 Å². The summed E-state index contributed by atoms with van der Waals surface area (Å²) in [5, 5.41) is 3.00. The fourth-order valence-corrected chi connectivity index (χ4v) is 2.71. The Morgan fingerprint density at radius 1 is 1.13 bits per heavy atom. The van der Waals surface area contributed by atoms with E-state index in [1.165, 1.54) is 0 Å². The molecule has 0 saturated carbocycles. The van der Waals surface area contributed by atoms with E-state index in [-0.39, 0.29) is 11.8 Å². The van der Waals surface area contributed by atoms with Crippen LogP contribution >= 0.6 is 0 Å². The zero-order valence-corrected chi connectivity index (χ0v) is 13.5. The zero-order valence-electron chi connectivity index (χ0n) is 13.5. The van der Waals surface area contributed by atoms with Crippen LogP contribution in [-0.4, -0.2) is 24.8 Å². The molecule has 0 bridgehead atoms. The first kappa shape index (κ1) is 15.3. The number of methoxy groups -OCH3 is 1. The van der Waals surface area contributed by atoms with Crippen molar-refractivity contribution in [3.05, 3.63) is 59.7 Å². The van der Waals surface area contributed by atoms with Crippen molar-refractivity contribution in [2.24, 2.45) is 10.9 Å². The van der Waals surface area contributed by atoms with Gasteiger partial charge in [-0.15, -0.1) is 0 Å². The molecule has 0 radical (unpaired) electrons. The first-order valence-electron chi connectivity index (χ1n) is 7.72. The highest BCUT2D eigenvalue weighted by Crippen LogP contribution is 2.29. The first-order chi connectivity index (χ1) is 11.1. The van der Waals surface area contributed by atoms with E-state index in [2.05, 4.69) is 5.32 Å². The Kier molecular flexibility index (Phi) is 4.15. The minimum Gasteiger partial charge on any atom is -0.497 e. The standard InChI is InChI=1S/C19H20N2O2/c1-12(2)17-19(22)20-16-10-9-14(23-3)11-15(16)18(21-17)13-7-5-4-6-8-13/h4-12,17H,1-3H3,(H,20,22)/t17-/m0/s1. The number of ether oxygens (including phenoxy) is 1. The van der Waals surface area contributed by atoms with Crippen LogP contribution in [0.25, 0.3) is 0 Å². The maximum atomic E-state index is 12.5. The van der Waals surface area contributed by atoms with E-state index in [1.54, 1.807) is 7.11 Å². The predicted octanol–water partition coefficient (Wildman–Crippen LogP) is 3.51. The van der Waals surface area contributed by atoms with Crippen LogP contribution in [0.15, 0.2) is 53.5 Å². The lowest BCUT2D eigenvalue weighted by Crippen LogP contribution is -2.30. The number of nitrogens with one attached hydrogen (secondary N) is 1. The Hall–Kier alpha value is -2.62. The normalized spacial score (nSPS) is 17.1. The average molecular weight is 308 g/mol. The number of benzene rings is 2. The lowest BCUT2D eigenvalue weighted by Gasteiger charge is -2.14. The number of carbonyl (C=O) groups excluding carboxylic acids is 1. The van der Waals surface area contributed by atoms with Crippen LogP contribution in [0.5, 0.6) is 5.75 Å². The third-order valence-corrected chi connectivity index (χ3v) is 3.96. The molecular weight excluding hydrogens is 288 g/mol. The predicted molar refractivity (Wildman–Crippen MR) is 92.3 cm³/mol. The summed E-state index contributed by atoms with van der Waals surface area (Å²) in [5.41, 5.74) is 3.45. The highest BCUT2D eigenvalue weighted by atomic mass is 16.5. The summed E-state index contributed by atoms with van der Waals surface area (Å²) in [6.45, 7) is 4.01. The van der Waals surface area contributed by atoms with Crippen LogP contribution in [0.1, 0.15) is 25.0 Å². The van der Waals surface area contributed by atoms with Crippen LogP contribution in [-0.2, 0) is 4.79 Å². The van der Waals surface area contributed by atoms with Crippen molar-refractivity contribution in [3.8, 4) is 5.75 Å². The highest BCUT2D eigenvalue weighted by Gasteiger charge is 2.28. The zero-order chi connectivity index (χ0) is 16.4. The lowest BCUT2D eigenvalue weighted by atomic mass is 10.00. The third-order valence-electron chi connectivity index (χ3n) is 3.96. The molecule has 0 spiro atoms. The van der Waals surface area contributed by atoms with E-state index in [9.17, 15) is 4.79 Å². The van der Waals surface area contributed by atoms with Crippen molar-refractivity contribution in [1.82, 2.24) is 0 Å². The van der Waals surface area contributed by atoms with Crippen LogP contribution in [0.3, 0.4) is 0 Å². The first-order valence-corrected chi connectivity index (χ1v) is 7.72. The van der Waals surface area contributed by atoms with Gasteiger partial charge in [-0.25, -0.2) is 0 Å². The number of rotatable bonds is 3. The second-order valence-corrected chi connectivity index (χ2v) is 5.93. The molecule has 4 heteroatoms. The molecule has 1 atom stereocenters. The topological polar surface area (TPSA) is 50.7 Å². The van der Waals surface area contributed by atoms with E-state index in [4.69, 9.17) is 9.73 Å². The molecule has 1 aliphatic rings. The van der Waals surface area contributed by atoms with Gasteiger partial charge in [0.05, 0.1) is 18.5 Å². The third kappa shape index (κ3) is 2.97. The minimum atomic E-state index is -0.413.